The predicted molar refractivity (Wildman–Crippen MR) is 79.1 cm³/mol. The molecule has 0 spiro atoms. The molecule has 3 N–H and O–H groups in total. The molecule has 1 amide bonds. The number of carboxylic acid groups (broad SMARTS) is 1. The van der Waals surface area contributed by atoms with E-state index in [0.29, 0.717) is 12.5 Å². The number of carbonyl (C=O) groups is 1. The fraction of sp³-hybridized carbons (Fsp3) is 0.923. The molecule has 0 bridgehead atoms. The molecule has 5 nitrogen and oxygen atoms in total. The SMILES string of the molecule is CC(C)(C)[Si](C)(C)OC1CNCC(CNC(=O)O)C1. The van der Waals surface area contributed by atoms with Gasteiger partial charge >= 0.3 is 6.09 Å². The zero-order chi connectivity index (χ0) is 14.7. The first-order valence-corrected chi connectivity index (χ1v) is 9.88. The van der Waals surface area contributed by atoms with Gasteiger partial charge in [-0.3, -0.25) is 0 Å². The van der Waals surface area contributed by atoms with Crippen molar-refractivity contribution in [3.05, 3.63) is 0 Å². The minimum atomic E-state index is -1.74. The molecule has 1 aliphatic rings. The van der Waals surface area contributed by atoms with Crippen molar-refractivity contribution in [2.24, 2.45) is 5.92 Å². The van der Waals surface area contributed by atoms with Gasteiger partial charge in [-0.15, -0.1) is 0 Å². The van der Waals surface area contributed by atoms with Gasteiger partial charge in [0.2, 0.25) is 0 Å². The van der Waals surface area contributed by atoms with Crippen LogP contribution in [0.2, 0.25) is 18.1 Å². The Bertz CT molecular complexity index is 316. The normalized spacial score (nSPS) is 25.1. The molecule has 2 unspecified atom stereocenters. The van der Waals surface area contributed by atoms with Crippen molar-refractivity contribution in [1.82, 2.24) is 10.6 Å². The van der Waals surface area contributed by atoms with E-state index >= 15 is 0 Å². The Hall–Kier alpha value is -0.593. The van der Waals surface area contributed by atoms with E-state index in [1.54, 1.807) is 0 Å². The summed E-state index contributed by atoms with van der Waals surface area (Å²) in [6.07, 6.45) is 0.183. The first-order chi connectivity index (χ1) is 8.62. The molecule has 19 heavy (non-hydrogen) atoms. The van der Waals surface area contributed by atoms with Gasteiger partial charge in [-0.25, -0.2) is 4.79 Å². The van der Waals surface area contributed by atoms with Gasteiger partial charge in [0.25, 0.3) is 0 Å². The maximum Gasteiger partial charge on any atom is 0.404 e. The first kappa shape index (κ1) is 16.5. The molecule has 1 aliphatic heterocycles. The van der Waals surface area contributed by atoms with Crippen LogP contribution >= 0.6 is 0 Å². The lowest BCUT2D eigenvalue weighted by molar-refractivity contribution is 0.120. The van der Waals surface area contributed by atoms with Gasteiger partial charge in [0.05, 0.1) is 6.10 Å². The summed E-state index contributed by atoms with van der Waals surface area (Å²) < 4.78 is 6.38. The van der Waals surface area contributed by atoms with Crippen molar-refractivity contribution in [3.63, 3.8) is 0 Å². The van der Waals surface area contributed by atoms with Crippen LogP contribution in [0, 0.1) is 5.92 Å². The molecule has 0 aromatic rings. The van der Waals surface area contributed by atoms with E-state index in [1.165, 1.54) is 0 Å². The summed E-state index contributed by atoms with van der Waals surface area (Å²) >= 11 is 0. The molecular formula is C13H28N2O3Si. The number of amides is 1. The summed E-state index contributed by atoms with van der Waals surface area (Å²) in [4.78, 5) is 10.5. The lowest BCUT2D eigenvalue weighted by Gasteiger charge is -2.41. The highest BCUT2D eigenvalue weighted by Gasteiger charge is 2.40. The summed E-state index contributed by atoms with van der Waals surface area (Å²) in [5.41, 5.74) is 0. The van der Waals surface area contributed by atoms with Crippen molar-refractivity contribution >= 4 is 14.4 Å². The Kier molecular flexibility index (Phi) is 5.40. The molecule has 0 aromatic carbocycles. The Morgan fingerprint density at radius 2 is 2.05 bits per heavy atom. The van der Waals surface area contributed by atoms with Crippen LogP contribution in [-0.2, 0) is 4.43 Å². The molecule has 1 heterocycles. The van der Waals surface area contributed by atoms with Crippen molar-refractivity contribution in [2.45, 2.75) is 51.4 Å². The number of piperidine rings is 1. The molecule has 2 atom stereocenters. The smallest absolute Gasteiger partial charge is 0.404 e. The fourth-order valence-corrected chi connectivity index (χ4v) is 3.42. The molecule has 1 saturated heterocycles. The largest absolute Gasteiger partial charge is 0.465 e. The average molecular weight is 288 g/mol. The summed E-state index contributed by atoms with van der Waals surface area (Å²) in [6.45, 7) is 13.4. The minimum absolute atomic E-state index is 0.204. The van der Waals surface area contributed by atoms with Gasteiger partial charge < -0.3 is 20.2 Å². The van der Waals surface area contributed by atoms with Crippen LogP contribution in [-0.4, -0.2) is 45.3 Å². The molecule has 0 saturated carbocycles. The third-order valence-electron chi connectivity index (χ3n) is 4.21. The van der Waals surface area contributed by atoms with E-state index in [2.05, 4.69) is 44.5 Å². The van der Waals surface area contributed by atoms with Crippen molar-refractivity contribution < 1.29 is 14.3 Å². The Labute approximate surface area is 117 Å². The molecule has 1 rings (SSSR count). The second-order valence-corrected chi connectivity index (χ2v) is 11.7. The van der Waals surface area contributed by atoms with E-state index < -0.39 is 14.4 Å². The van der Waals surface area contributed by atoms with Gasteiger partial charge in [-0.1, -0.05) is 20.8 Å². The zero-order valence-electron chi connectivity index (χ0n) is 12.7. The van der Waals surface area contributed by atoms with Crippen LogP contribution in [0.1, 0.15) is 27.2 Å². The first-order valence-electron chi connectivity index (χ1n) is 6.97. The Balaban J connectivity index is 2.49. The Morgan fingerprint density at radius 1 is 1.42 bits per heavy atom. The van der Waals surface area contributed by atoms with E-state index in [-0.39, 0.29) is 11.1 Å². The van der Waals surface area contributed by atoms with Gasteiger partial charge in [0.1, 0.15) is 0 Å². The standard InChI is InChI=1S/C13H28N2O3Si/c1-13(2,3)19(4,5)18-11-6-10(7-14-9-11)8-15-12(16)17/h10-11,14-15H,6-9H2,1-5H3,(H,16,17). The van der Waals surface area contributed by atoms with Crippen LogP contribution in [0.15, 0.2) is 0 Å². The van der Waals surface area contributed by atoms with E-state index in [4.69, 9.17) is 9.53 Å². The second-order valence-electron chi connectivity index (χ2n) is 6.95. The third kappa shape index (κ3) is 5.12. The maximum atomic E-state index is 10.5. The predicted octanol–water partition coefficient (Wildman–Crippen LogP) is 2.25. The van der Waals surface area contributed by atoms with Crippen molar-refractivity contribution in [1.29, 1.82) is 0 Å². The van der Waals surface area contributed by atoms with Gasteiger partial charge in [0.15, 0.2) is 8.32 Å². The quantitative estimate of drug-likeness (QED) is 0.694. The highest BCUT2D eigenvalue weighted by Crippen LogP contribution is 2.38. The topological polar surface area (TPSA) is 70.6 Å². The summed E-state index contributed by atoms with van der Waals surface area (Å²) in [6, 6.07) is 0. The fourth-order valence-electron chi connectivity index (χ4n) is 2.06. The molecule has 0 aliphatic carbocycles. The van der Waals surface area contributed by atoms with Crippen molar-refractivity contribution in [3.8, 4) is 0 Å². The van der Waals surface area contributed by atoms with E-state index in [0.717, 1.165) is 19.5 Å². The maximum absolute atomic E-state index is 10.5. The highest BCUT2D eigenvalue weighted by molar-refractivity contribution is 6.74. The number of rotatable bonds is 4. The second kappa shape index (κ2) is 6.24. The van der Waals surface area contributed by atoms with Gasteiger partial charge in [-0.05, 0) is 37.0 Å². The number of hydrogen-bond donors (Lipinski definition) is 3. The molecule has 0 aromatic heterocycles. The molecule has 0 radical (unpaired) electrons. The summed E-state index contributed by atoms with van der Waals surface area (Å²) in [5, 5.41) is 14.7. The van der Waals surface area contributed by atoms with Crippen molar-refractivity contribution in [2.75, 3.05) is 19.6 Å². The van der Waals surface area contributed by atoms with E-state index in [9.17, 15) is 4.79 Å². The van der Waals surface area contributed by atoms with Crippen LogP contribution < -0.4 is 10.6 Å². The molecule has 1 fully saturated rings. The van der Waals surface area contributed by atoms with Gasteiger partial charge in [0, 0.05) is 13.1 Å². The van der Waals surface area contributed by atoms with E-state index in [1.807, 2.05) is 0 Å². The lowest BCUT2D eigenvalue weighted by atomic mass is 9.98. The van der Waals surface area contributed by atoms with Crippen LogP contribution in [0.3, 0.4) is 0 Å². The van der Waals surface area contributed by atoms with Gasteiger partial charge in [-0.2, -0.15) is 0 Å². The number of hydrogen-bond acceptors (Lipinski definition) is 3. The molecular weight excluding hydrogens is 260 g/mol. The average Bonchev–Trinajstić information content (AvgIpc) is 2.24. The molecule has 6 heteroatoms. The number of nitrogens with one attached hydrogen (secondary N) is 2. The van der Waals surface area contributed by atoms with Crippen LogP contribution in [0.4, 0.5) is 4.79 Å². The minimum Gasteiger partial charge on any atom is -0.465 e. The Morgan fingerprint density at radius 3 is 2.58 bits per heavy atom. The third-order valence-corrected chi connectivity index (χ3v) is 8.75. The summed E-state index contributed by atoms with van der Waals surface area (Å²) in [7, 11) is -1.74. The lowest BCUT2D eigenvalue weighted by Crippen LogP contribution is -2.51. The monoisotopic (exact) mass is 288 g/mol. The van der Waals surface area contributed by atoms with Crippen LogP contribution in [0.5, 0.6) is 0 Å². The molecule has 112 valence electrons. The zero-order valence-corrected chi connectivity index (χ0v) is 13.7. The summed E-state index contributed by atoms with van der Waals surface area (Å²) in [5.74, 6) is 0.319. The highest BCUT2D eigenvalue weighted by atomic mass is 28.4. The van der Waals surface area contributed by atoms with Crippen LogP contribution in [0.25, 0.3) is 0 Å².